The first-order valence-electron chi connectivity index (χ1n) is 9.74. The Balaban J connectivity index is 1.53. The van der Waals surface area contributed by atoms with Gasteiger partial charge in [-0.1, -0.05) is 30.3 Å². The Kier molecular flexibility index (Phi) is 4.72. The van der Waals surface area contributed by atoms with Gasteiger partial charge < -0.3 is 14.4 Å². The first-order valence-corrected chi connectivity index (χ1v) is 9.74. The number of carbonyl (C=O) groups is 2. The van der Waals surface area contributed by atoms with Crippen molar-refractivity contribution in [3.05, 3.63) is 54.1 Å². The molecule has 1 spiro atoms. The fourth-order valence-electron chi connectivity index (χ4n) is 4.54. The van der Waals surface area contributed by atoms with E-state index in [9.17, 15) is 9.59 Å². The van der Waals surface area contributed by atoms with Crippen molar-refractivity contribution in [1.29, 1.82) is 0 Å². The fourth-order valence-corrected chi connectivity index (χ4v) is 4.54. The first-order chi connectivity index (χ1) is 13.1. The molecule has 0 saturated carbocycles. The molecule has 0 radical (unpaired) electrons. The fraction of sp³-hybridized carbons (Fsp3) is 0.476. The summed E-state index contributed by atoms with van der Waals surface area (Å²) in [5.41, 5.74) is 0.551. The van der Waals surface area contributed by atoms with Crippen LogP contribution in [0.5, 0.6) is 0 Å². The van der Waals surface area contributed by atoms with E-state index >= 15 is 0 Å². The molecular formula is C21H26N4O2. The molecule has 0 aliphatic carbocycles. The lowest BCUT2D eigenvalue weighted by molar-refractivity contribution is -0.145. The van der Waals surface area contributed by atoms with Gasteiger partial charge in [-0.15, -0.1) is 0 Å². The Labute approximate surface area is 159 Å². The van der Waals surface area contributed by atoms with Gasteiger partial charge >= 0.3 is 0 Å². The maximum atomic E-state index is 13.4. The molecule has 1 unspecified atom stereocenters. The summed E-state index contributed by atoms with van der Waals surface area (Å²) < 4.78 is 1.73. The summed E-state index contributed by atoms with van der Waals surface area (Å²) in [6.45, 7) is 2.11. The number of carbonyl (C=O) groups excluding carboxylic acids is 2. The van der Waals surface area contributed by atoms with Crippen molar-refractivity contribution in [3.63, 3.8) is 0 Å². The Bertz CT molecular complexity index is 832. The van der Waals surface area contributed by atoms with Crippen LogP contribution >= 0.6 is 0 Å². The average molecular weight is 366 g/mol. The molecule has 6 nitrogen and oxygen atoms in total. The molecule has 27 heavy (non-hydrogen) atoms. The van der Waals surface area contributed by atoms with Crippen LogP contribution in [-0.2, 0) is 18.3 Å². The molecule has 2 aliphatic rings. The van der Waals surface area contributed by atoms with Gasteiger partial charge in [0.25, 0.3) is 5.91 Å². The normalized spacial score (nSPS) is 22.6. The highest BCUT2D eigenvalue weighted by Gasteiger charge is 2.53. The number of aromatic nitrogens is 2. The lowest BCUT2D eigenvalue weighted by atomic mass is 9.85. The highest BCUT2D eigenvalue weighted by atomic mass is 16.2. The molecule has 0 N–H and O–H groups in total. The van der Waals surface area contributed by atoms with Gasteiger partial charge in [-0.3, -0.25) is 9.59 Å². The minimum Gasteiger partial charge on any atom is -0.340 e. The monoisotopic (exact) mass is 366 g/mol. The summed E-state index contributed by atoms with van der Waals surface area (Å²) in [5.74, 6) is 0.397. The summed E-state index contributed by atoms with van der Waals surface area (Å²) in [4.78, 5) is 34.5. The Morgan fingerprint density at radius 1 is 1.15 bits per heavy atom. The van der Waals surface area contributed by atoms with Gasteiger partial charge in [-0.2, -0.15) is 0 Å². The molecular weight excluding hydrogens is 340 g/mol. The molecule has 3 heterocycles. The van der Waals surface area contributed by atoms with Gasteiger partial charge in [-0.05, 0) is 37.7 Å². The van der Waals surface area contributed by atoms with E-state index in [0.717, 1.165) is 38.6 Å². The molecule has 142 valence electrons. The van der Waals surface area contributed by atoms with Crippen molar-refractivity contribution in [3.8, 4) is 0 Å². The van der Waals surface area contributed by atoms with Crippen molar-refractivity contribution in [2.45, 2.75) is 37.6 Å². The van der Waals surface area contributed by atoms with Gasteiger partial charge in [0.15, 0.2) is 5.82 Å². The minimum atomic E-state index is -0.683. The number of rotatable bonds is 4. The minimum absolute atomic E-state index is 0.116. The van der Waals surface area contributed by atoms with Crippen LogP contribution in [-0.4, -0.2) is 56.3 Å². The number of amides is 2. The standard InChI is InChI=1S/C21H26N4O2/c1-23-16-12-22-18(23)19(26)25-14-6-11-21(25)10-5-13-24(20(21)27)15-9-17-7-3-2-4-8-17/h2-4,7-8,12,16H,5-6,9-11,13-15H2,1H3. The van der Waals surface area contributed by atoms with E-state index in [1.54, 1.807) is 21.9 Å². The van der Waals surface area contributed by atoms with E-state index < -0.39 is 5.54 Å². The zero-order valence-electron chi connectivity index (χ0n) is 15.8. The number of hydrogen-bond acceptors (Lipinski definition) is 3. The molecule has 2 aliphatic heterocycles. The second kappa shape index (κ2) is 7.18. The molecule has 1 atom stereocenters. The summed E-state index contributed by atoms with van der Waals surface area (Å²) >= 11 is 0. The number of likely N-dealkylation sites (tertiary alicyclic amines) is 2. The molecule has 4 rings (SSSR count). The van der Waals surface area contributed by atoms with Crippen LogP contribution in [0.25, 0.3) is 0 Å². The van der Waals surface area contributed by atoms with Crippen molar-refractivity contribution < 1.29 is 9.59 Å². The zero-order chi connectivity index (χ0) is 18.9. The van der Waals surface area contributed by atoms with Crippen LogP contribution < -0.4 is 0 Å². The zero-order valence-corrected chi connectivity index (χ0v) is 15.8. The number of hydrogen-bond donors (Lipinski definition) is 0. The predicted octanol–water partition coefficient (Wildman–Crippen LogP) is 2.26. The lowest BCUT2D eigenvalue weighted by Gasteiger charge is -2.44. The number of nitrogens with zero attached hydrogens (tertiary/aromatic N) is 4. The summed E-state index contributed by atoms with van der Waals surface area (Å²) in [7, 11) is 1.82. The SMILES string of the molecule is Cn1ccnc1C(=O)N1CCCC12CCCN(CCc1ccccc1)C2=O. The topological polar surface area (TPSA) is 58.4 Å². The van der Waals surface area contributed by atoms with E-state index in [0.29, 0.717) is 18.9 Å². The van der Waals surface area contributed by atoms with E-state index in [1.807, 2.05) is 30.1 Å². The van der Waals surface area contributed by atoms with E-state index in [2.05, 4.69) is 17.1 Å². The molecule has 2 fully saturated rings. The largest absolute Gasteiger partial charge is 0.340 e. The van der Waals surface area contributed by atoms with Gasteiger partial charge in [-0.25, -0.2) is 4.98 Å². The number of imidazole rings is 1. The number of aryl methyl sites for hydroxylation is 1. The third-order valence-corrected chi connectivity index (χ3v) is 5.96. The third-order valence-electron chi connectivity index (χ3n) is 5.96. The Hall–Kier alpha value is -2.63. The average Bonchev–Trinajstić information content (AvgIpc) is 3.30. The van der Waals surface area contributed by atoms with E-state index in [1.165, 1.54) is 5.56 Å². The number of piperidine rings is 1. The second-order valence-corrected chi connectivity index (χ2v) is 7.59. The van der Waals surface area contributed by atoms with Crippen LogP contribution in [0.4, 0.5) is 0 Å². The predicted molar refractivity (Wildman–Crippen MR) is 102 cm³/mol. The molecule has 0 bridgehead atoms. The smallest absolute Gasteiger partial charge is 0.290 e. The molecule has 2 aromatic rings. The molecule has 2 amide bonds. The summed E-state index contributed by atoms with van der Waals surface area (Å²) in [6.07, 6.45) is 7.55. The highest BCUT2D eigenvalue weighted by molar-refractivity contribution is 5.98. The molecule has 1 aromatic heterocycles. The van der Waals surface area contributed by atoms with Crippen LogP contribution in [0.2, 0.25) is 0 Å². The summed E-state index contributed by atoms with van der Waals surface area (Å²) in [5, 5.41) is 0. The van der Waals surface area contributed by atoms with Gasteiger partial charge in [0.05, 0.1) is 0 Å². The van der Waals surface area contributed by atoms with Gasteiger partial charge in [0, 0.05) is 39.1 Å². The molecule has 2 saturated heterocycles. The van der Waals surface area contributed by atoms with E-state index in [4.69, 9.17) is 0 Å². The molecule has 1 aromatic carbocycles. The quantitative estimate of drug-likeness (QED) is 0.834. The van der Waals surface area contributed by atoms with Gasteiger partial charge in [0.1, 0.15) is 5.54 Å². The summed E-state index contributed by atoms with van der Waals surface area (Å²) in [6, 6.07) is 10.2. The lowest BCUT2D eigenvalue weighted by Crippen LogP contribution is -2.61. The molecule has 6 heteroatoms. The van der Waals surface area contributed by atoms with Crippen LogP contribution in [0, 0.1) is 0 Å². The third kappa shape index (κ3) is 3.13. The Morgan fingerprint density at radius 3 is 2.59 bits per heavy atom. The van der Waals surface area contributed by atoms with Gasteiger partial charge in [0.2, 0.25) is 5.91 Å². The van der Waals surface area contributed by atoms with Crippen molar-refractivity contribution >= 4 is 11.8 Å². The number of benzene rings is 1. The maximum Gasteiger partial charge on any atom is 0.290 e. The van der Waals surface area contributed by atoms with Crippen molar-refractivity contribution in [2.24, 2.45) is 7.05 Å². The second-order valence-electron chi connectivity index (χ2n) is 7.59. The maximum absolute atomic E-state index is 13.4. The highest BCUT2D eigenvalue weighted by Crippen LogP contribution is 2.39. The van der Waals surface area contributed by atoms with Crippen LogP contribution in [0.15, 0.2) is 42.7 Å². The van der Waals surface area contributed by atoms with Crippen molar-refractivity contribution in [2.75, 3.05) is 19.6 Å². The van der Waals surface area contributed by atoms with Crippen LogP contribution in [0.3, 0.4) is 0 Å². The first kappa shape index (κ1) is 17.8. The van der Waals surface area contributed by atoms with Crippen LogP contribution in [0.1, 0.15) is 41.9 Å². The Morgan fingerprint density at radius 2 is 1.89 bits per heavy atom. The van der Waals surface area contributed by atoms with E-state index in [-0.39, 0.29) is 11.8 Å². The van der Waals surface area contributed by atoms with Crippen molar-refractivity contribution in [1.82, 2.24) is 19.4 Å².